The standard InChI is InChI=1S/C16H17NO2S/c1-12-6-8-13(9-7-12)10-17-16(19)11-20-15-5-3-2-4-14(15)18/h2-9,18H,10-11H2,1H3,(H,17,19). The molecule has 2 N–H and O–H groups in total. The minimum atomic E-state index is -0.0428. The molecule has 0 aromatic heterocycles. The summed E-state index contributed by atoms with van der Waals surface area (Å²) < 4.78 is 0. The van der Waals surface area contributed by atoms with E-state index in [1.165, 1.54) is 17.3 Å². The Bertz CT molecular complexity index is 581. The third-order valence-electron chi connectivity index (χ3n) is 2.83. The largest absolute Gasteiger partial charge is 0.507 e. The van der Waals surface area contributed by atoms with Crippen LogP contribution in [0.25, 0.3) is 0 Å². The van der Waals surface area contributed by atoms with Crippen LogP contribution in [0, 0.1) is 6.92 Å². The molecule has 2 aromatic rings. The van der Waals surface area contributed by atoms with Gasteiger partial charge in [-0.05, 0) is 24.6 Å². The lowest BCUT2D eigenvalue weighted by atomic mass is 10.1. The maximum absolute atomic E-state index is 11.8. The van der Waals surface area contributed by atoms with Crippen molar-refractivity contribution in [2.75, 3.05) is 5.75 Å². The van der Waals surface area contributed by atoms with E-state index in [9.17, 15) is 9.90 Å². The Morgan fingerprint density at radius 3 is 2.55 bits per heavy atom. The lowest BCUT2D eigenvalue weighted by Crippen LogP contribution is -2.24. The molecular weight excluding hydrogens is 270 g/mol. The molecule has 0 saturated heterocycles. The number of rotatable bonds is 5. The number of carbonyl (C=O) groups excluding carboxylic acids is 1. The van der Waals surface area contributed by atoms with E-state index < -0.39 is 0 Å². The molecule has 3 nitrogen and oxygen atoms in total. The summed E-state index contributed by atoms with van der Waals surface area (Å²) in [5.74, 6) is 0.464. The van der Waals surface area contributed by atoms with Crippen molar-refractivity contribution < 1.29 is 9.90 Å². The molecule has 0 unspecified atom stereocenters. The number of para-hydroxylation sites is 1. The zero-order chi connectivity index (χ0) is 14.4. The molecule has 0 radical (unpaired) electrons. The van der Waals surface area contributed by atoms with Crippen LogP contribution in [0.2, 0.25) is 0 Å². The molecule has 0 spiro atoms. The van der Waals surface area contributed by atoms with Crippen molar-refractivity contribution in [2.45, 2.75) is 18.4 Å². The number of carbonyl (C=O) groups is 1. The molecule has 4 heteroatoms. The Morgan fingerprint density at radius 1 is 1.15 bits per heavy atom. The van der Waals surface area contributed by atoms with Gasteiger partial charge in [0, 0.05) is 11.4 Å². The van der Waals surface area contributed by atoms with Crippen LogP contribution in [0.1, 0.15) is 11.1 Å². The van der Waals surface area contributed by atoms with Crippen molar-refractivity contribution >= 4 is 17.7 Å². The fourth-order valence-electron chi connectivity index (χ4n) is 1.68. The fraction of sp³-hybridized carbons (Fsp3) is 0.188. The van der Waals surface area contributed by atoms with E-state index in [0.717, 1.165) is 10.5 Å². The predicted octanol–water partition coefficient (Wildman–Crippen LogP) is 3.11. The van der Waals surface area contributed by atoms with Crippen molar-refractivity contribution in [2.24, 2.45) is 0 Å². The van der Waals surface area contributed by atoms with Crippen LogP contribution in [0.15, 0.2) is 53.4 Å². The average molecular weight is 287 g/mol. The third kappa shape index (κ3) is 4.31. The van der Waals surface area contributed by atoms with Gasteiger partial charge in [-0.1, -0.05) is 42.0 Å². The molecular formula is C16H17NO2S. The summed E-state index contributed by atoms with van der Waals surface area (Å²) >= 11 is 1.33. The van der Waals surface area contributed by atoms with Gasteiger partial charge >= 0.3 is 0 Å². The molecule has 1 amide bonds. The van der Waals surface area contributed by atoms with Gasteiger partial charge in [0.25, 0.3) is 0 Å². The van der Waals surface area contributed by atoms with Crippen LogP contribution < -0.4 is 5.32 Å². The molecule has 0 heterocycles. The van der Waals surface area contributed by atoms with Gasteiger partial charge in [-0.25, -0.2) is 0 Å². The highest BCUT2D eigenvalue weighted by atomic mass is 32.2. The van der Waals surface area contributed by atoms with E-state index in [2.05, 4.69) is 5.32 Å². The first-order valence-electron chi connectivity index (χ1n) is 6.38. The molecule has 0 saturated carbocycles. The van der Waals surface area contributed by atoms with Crippen LogP contribution in [0.5, 0.6) is 5.75 Å². The summed E-state index contributed by atoms with van der Waals surface area (Å²) in [4.78, 5) is 12.5. The summed E-state index contributed by atoms with van der Waals surface area (Å²) in [7, 11) is 0. The van der Waals surface area contributed by atoms with Gasteiger partial charge in [-0.15, -0.1) is 11.8 Å². The highest BCUT2D eigenvalue weighted by molar-refractivity contribution is 8.00. The van der Waals surface area contributed by atoms with E-state index in [-0.39, 0.29) is 11.7 Å². The number of benzene rings is 2. The topological polar surface area (TPSA) is 49.3 Å². The molecule has 2 aromatic carbocycles. The minimum absolute atomic E-state index is 0.0428. The highest BCUT2D eigenvalue weighted by Gasteiger charge is 2.05. The van der Waals surface area contributed by atoms with Crippen molar-refractivity contribution in [3.63, 3.8) is 0 Å². The minimum Gasteiger partial charge on any atom is -0.507 e. The predicted molar refractivity (Wildman–Crippen MR) is 81.9 cm³/mol. The Balaban J connectivity index is 1.78. The lowest BCUT2D eigenvalue weighted by molar-refractivity contribution is -0.118. The summed E-state index contributed by atoms with van der Waals surface area (Å²) in [6, 6.07) is 15.1. The van der Waals surface area contributed by atoms with E-state index in [0.29, 0.717) is 12.3 Å². The van der Waals surface area contributed by atoms with Crippen LogP contribution in [-0.4, -0.2) is 16.8 Å². The quantitative estimate of drug-likeness (QED) is 0.831. The molecule has 0 aliphatic heterocycles. The molecule has 2 rings (SSSR count). The second-order valence-corrected chi connectivity index (χ2v) is 5.54. The van der Waals surface area contributed by atoms with Gasteiger partial charge in [-0.2, -0.15) is 0 Å². The smallest absolute Gasteiger partial charge is 0.230 e. The van der Waals surface area contributed by atoms with E-state index in [4.69, 9.17) is 0 Å². The number of thioether (sulfide) groups is 1. The summed E-state index contributed by atoms with van der Waals surface area (Å²) in [6.07, 6.45) is 0. The second-order valence-electron chi connectivity index (χ2n) is 4.52. The van der Waals surface area contributed by atoms with Crippen molar-refractivity contribution in [1.82, 2.24) is 5.32 Å². The first kappa shape index (κ1) is 14.5. The van der Waals surface area contributed by atoms with Gasteiger partial charge in [0.05, 0.1) is 5.75 Å². The maximum atomic E-state index is 11.8. The Kier molecular flexibility index (Phi) is 5.07. The number of amides is 1. The van der Waals surface area contributed by atoms with Gasteiger partial charge in [0.15, 0.2) is 0 Å². The molecule has 0 aliphatic carbocycles. The van der Waals surface area contributed by atoms with E-state index in [1.54, 1.807) is 18.2 Å². The average Bonchev–Trinajstić information content (AvgIpc) is 2.46. The maximum Gasteiger partial charge on any atom is 0.230 e. The number of hydrogen-bond donors (Lipinski definition) is 2. The molecule has 0 fully saturated rings. The summed E-state index contributed by atoms with van der Waals surface area (Å²) in [5, 5.41) is 12.5. The molecule has 20 heavy (non-hydrogen) atoms. The first-order valence-corrected chi connectivity index (χ1v) is 7.37. The van der Waals surface area contributed by atoms with E-state index >= 15 is 0 Å². The third-order valence-corrected chi connectivity index (χ3v) is 3.90. The Labute approximate surface area is 123 Å². The number of phenols is 1. The number of aryl methyl sites for hydroxylation is 1. The van der Waals surface area contributed by atoms with Gasteiger partial charge in [0.2, 0.25) is 5.91 Å². The van der Waals surface area contributed by atoms with E-state index in [1.807, 2.05) is 37.3 Å². The normalized spacial score (nSPS) is 10.2. The SMILES string of the molecule is Cc1ccc(CNC(=O)CSc2ccccc2O)cc1. The molecule has 104 valence electrons. The Hall–Kier alpha value is -1.94. The number of aromatic hydroxyl groups is 1. The number of hydrogen-bond acceptors (Lipinski definition) is 3. The monoisotopic (exact) mass is 287 g/mol. The zero-order valence-corrected chi connectivity index (χ0v) is 12.1. The molecule has 0 aliphatic rings. The van der Waals surface area contributed by atoms with Crippen LogP contribution in [0.3, 0.4) is 0 Å². The van der Waals surface area contributed by atoms with Crippen LogP contribution >= 0.6 is 11.8 Å². The molecule has 0 atom stereocenters. The van der Waals surface area contributed by atoms with Gasteiger partial charge in [0.1, 0.15) is 5.75 Å². The Morgan fingerprint density at radius 2 is 1.85 bits per heavy atom. The number of nitrogens with one attached hydrogen (secondary N) is 1. The second kappa shape index (κ2) is 7.01. The lowest BCUT2D eigenvalue weighted by Gasteiger charge is -2.06. The highest BCUT2D eigenvalue weighted by Crippen LogP contribution is 2.27. The van der Waals surface area contributed by atoms with Crippen LogP contribution in [0.4, 0.5) is 0 Å². The fourth-order valence-corrected chi connectivity index (χ4v) is 2.46. The van der Waals surface area contributed by atoms with Crippen LogP contribution in [-0.2, 0) is 11.3 Å². The van der Waals surface area contributed by atoms with Crippen molar-refractivity contribution in [3.05, 3.63) is 59.7 Å². The summed E-state index contributed by atoms with van der Waals surface area (Å²) in [6.45, 7) is 2.56. The summed E-state index contributed by atoms with van der Waals surface area (Å²) in [5.41, 5.74) is 2.28. The van der Waals surface area contributed by atoms with Gasteiger partial charge in [-0.3, -0.25) is 4.79 Å². The van der Waals surface area contributed by atoms with Gasteiger partial charge < -0.3 is 10.4 Å². The number of phenolic OH excluding ortho intramolecular Hbond substituents is 1. The molecule has 0 bridgehead atoms. The zero-order valence-electron chi connectivity index (χ0n) is 11.3. The first-order chi connectivity index (χ1) is 9.65. The van der Waals surface area contributed by atoms with Crippen molar-refractivity contribution in [3.8, 4) is 5.75 Å². The van der Waals surface area contributed by atoms with Crippen molar-refractivity contribution in [1.29, 1.82) is 0 Å².